The van der Waals surface area contributed by atoms with Gasteiger partial charge in [-0.1, -0.05) is 66.7 Å². The third-order valence-corrected chi connectivity index (χ3v) is 6.01. The van der Waals surface area contributed by atoms with Crippen LogP contribution in [0.4, 0.5) is 10.5 Å². The molecule has 0 unspecified atom stereocenters. The summed E-state index contributed by atoms with van der Waals surface area (Å²) in [6.07, 6.45) is 3.05. The van der Waals surface area contributed by atoms with E-state index in [2.05, 4.69) is 53.8 Å². The van der Waals surface area contributed by atoms with E-state index in [-0.39, 0.29) is 11.8 Å². The number of nitrogens with one attached hydrogen (secondary N) is 1. The Balaban J connectivity index is 1.28. The van der Waals surface area contributed by atoms with E-state index in [1.54, 1.807) is 18.2 Å². The summed E-state index contributed by atoms with van der Waals surface area (Å²) in [6.45, 7) is 3.04. The zero-order valence-corrected chi connectivity index (χ0v) is 17.9. The molecule has 2 amide bonds. The molecule has 3 aromatic carbocycles. The minimum absolute atomic E-state index is 0.00582. The summed E-state index contributed by atoms with van der Waals surface area (Å²) < 4.78 is 0. The second kappa shape index (κ2) is 9.61. The predicted octanol–water partition coefficient (Wildman–Crippen LogP) is 6.04. The minimum atomic E-state index is -0.0913. The van der Waals surface area contributed by atoms with Gasteiger partial charge in [-0.05, 0) is 60.9 Å². The van der Waals surface area contributed by atoms with Gasteiger partial charge in [0.25, 0.3) is 0 Å². The van der Waals surface area contributed by atoms with E-state index in [4.69, 9.17) is 0 Å². The fourth-order valence-corrected chi connectivity index (χ4v) is 4.16. The SMILES string of the molecule is CC(=O)c1cccc(NC(=O)N2CCC(Cc3ccc(-c4ccccc4)cc3)CC2)c1. The molecule has 0 saturated carbocycles. The van der Waals surface area contributed by atoms with Crippen LogP contribution in [0.25, 0.3) is 11.1 Å². The van der Waals surface area contributed by atoms with E-state index in [9.17, 15) is 9.59 Å². The number of hydrogen-bond acceptors (Lipinski definition) is 2. The second-order valence-corrected chi connectivity index (χ2v) is 8.26. The highest BCUT2D eigenvalue weighted by molar-refractivity contribution is 5.96. The molecule has 1 N–H and O–H groups in total. The van der Waals surface area contributed by atoms with Crippen LogP contribution >= 0.6 is 0 Å². The van der Waals surface area contributed by atoms with Crippen molar-refractivity contribution in [1.82, 2.24) is 4.90 Å². The summed E-state index contributed by atoms with van der Waals surface area (Å²) in [4.78, 5) is 26.0. The quantitative estimate of drug-likeness (QED) is 0.519. The molecular weight excluding hydrogens is 384 g/mol. The molecule has 1 fully saturated rings. The number of likely N-dealkylation sites (tertiary alicyclic amines) is 1. The summed E-state index contributed by atoms with van der Waals surface area (Å²) in [7, 11) is 0. The molecule has 0 bridgehead atoms. The molecule has 1 heterocycles. The van der Waals surface area contributed by atoms with Crippen molar-refractivity contribution in [2.45, 2.75) is 26.2 Å². The lowest BCUT2D eigenvalue weighted by Gasteiger charge is -2.32. The van der Waals surface area contributed by atoms with Crippen LogP contribution in [0.5, 0.6) is 0 Å². The summed E-state index contributed by atoms with van der Waals surface area (Å²) in [5.41, 5.74) is 5.10. The van der Waals surface area contributed by atoms with Crippen LogP contribution in [0.2, 0.25) is 0 Å². The summed E-state index contributed by atoms with van der Waals surface area (Å²) in [6, 6.07) is 26.3. The van der Waals surface area contributed by atoms with Gasteiger partial charge in [0.15, 0.2) is 5.78 Å². The van der Waals surface area contributed by atoms with E-state index < -0.39 is 0 Å². The summed E-state index contributed by atoms with van der Waals surface area (Å²) in [5.74, 6) is 0.585. The lowest BCUT2D eigenvalue weighted by atomic mass is 9.89. The second-order valence-electron chi connectivity index (χ2n) is 8.26. The van der Waals surface area contributed by atoms with Crippen molar-refractivity contribution >= 4 is 17.5 Å². The fraction of sp³-hybridized carbons (Fsp3) is 0.259. The van der Waals surface area contributed by atoms with Crippen LogP contribution in [-0.4, -0.2) is 29.8 Å². The lowest BCUT2D eigenvalue weighted by molar-refractivity contribution is 0.101. The Morgan fingerprint density at radius 3 is 2.23 bits per heavy atom. The van der Waals surface area contributed by atoms with Gasteiger partial charge in [0.2, 0.25) is 0 Å². The van der Waals surface area contributed by atoms with Crippen molar-refractivity contribution in [1.29, 1.82) is 0 Å². The number of amides is 2. The normalized spacial score (nSPS) is 14.3. The zero-order valence-electron chi connectivity index (χ0n) is 17.9. The van der Waals surface area contributed by atoms with Crippen LogP contribution in [0.3, 0.4) is 0 Å². The van der Waals surface area contributed by atoms with Gasteiger partial charge in [-0.25, -0.2) is 4.79 Å². The number of benzene rings is 3. The van der Waals surface area contributed by atoms with Crippen molar-refractivity contribution in [3.8, 4) is 11.1 Å². The maximum absolute atomic E-state index is 12.6. The monoisotopic (exact) mass is 412 g/mol. The number of piperidine rings is 1. The van der Waals surface area contributed by atoms with Crippen LogP contribution in [-0.2, 0) is 6.42 Å². The number of rotatable bonds is 5. The Morgan fingerprint density at radius 2 is 1.55 bits per heavy atom. The van der Waals surface area contributed by atoms with E-state index in [0.29, 0.717) is 17.2 Å². The van der Waals surface area contributed by atoms with E-state index in [0.717, 1.165) is 32.4 Å². The fourth-order valence-electron chi connectivity index (χ4n) is 4.16. The molecule has 158 valence electrons. The standard InChI is InChI=1S/C27H28N2O2/c1-20(30)25-8-5-9-26(19-25)28-27(31)29-16-14-22(15-17-29)18-21-10-12-24(13-11-21)23-6-3-2-4-7-23/h2-13,19,22H,14-18H2,1H3,(H,28,31). The molecule has 4 heteroatoms. The van der Waals surface area contributed by atoms with Gasteiger partial charge in [0.1, 0.15) is 0 Å². The van der Waals surface area contributed by atoms with Crippen molar-refractivity contribution in [3.05, 3.63) is 90.0 Å². The molecule has 31 heavy (non-hydrogen) atoms. The van der Waals surface area contributed by atoms with Gasteiger partial charge >= 0.3 is 6.03 Å². The Kier molecular flexibility index (Phi) is 6.46. The van der Waals surface area contributed by atoms with E-state index >= 15 is 0 Å². The largest absolute Gasteiger partial charge is 0.325 e. The van der Waals surface area contributed by atoms with Gasteiger partial charge in [0, 0.05) is 24.3 Å². The first-order valence-corrected chi connectivity index (χ1v) is 10.9. The molecule has 1 aliphatic rings. The minimum Gasteiger partial charge on any atom is -0.325 e. The van der Waals surface area contributed by atoms with Gasteiger partial charge in [-0.2, -0.15) is 0 Å². The molecule has 0 atom stereocenters. The van der Waals surface area contributed by atoms with Crippen LogP contribution in [0.15, 0.2) is 78.9 Å². The molecule has 0 aliphatic carbocycles. The van der Waals surface area contributed by atoms with Gasteiger partial charge in [-0.3, -0.25) is 4.79 Å². The Morgan fingerprint density at radius 1 is 0.871 bits per heavy atom. The maximum atomic E-state index is 12.6. The van der Waals surface area contributed by atoms with Crippen LogP contribution in [0, 0.1) is 5.92 Å². The van der Waals surface area contributed by atoms with Crippen molar-refractivity contribution in [2.75, 3.05) is 18.4 Å². The highest BCUT2D eigenvalue weighted by Gasteiger charge is 2.23. The maximum Gasteiger partial charge on any atom is 0.321 e. The predicted molar refractivity (Wildman–Crippen MR) is 125 cm³/mol. The number of carbonyl (C=O) groups excluding carboxylic acids is 2. The van der Waals surface area contributed by atoms with Crippen molar-refractivity contribution in [3.63, 3.8) is 0 Å². The molecule has 0 radical (unpaired) electrons. The Hall–Kier alpha value is -3.40. The van der Waals surface area contributed by atoms with Crippen molar-refractivity contribution < 1.29 is 9.59 Å². The molecule has 4 nitrogen and oxygen atoms in total. The molecule has 0 spiro atoms. The number of Topliss-reactive ketones (excluding diaryl/α,β-unsaturated/α-hetero) is 1. The van der Waals surface area contributed by atoms with Gasteiger partial charge in [-0.15, -0.1) is 0 Å². The number of ketones is 1. The topological polar surface area (TPSA) is 49.4 Å². The summed E-state index contributed by atoms with van der Waals surface area (Å²) >= 11 is 0. The third kappa shape index (κ3) is 5.40. The number of hydrogen-bond donors (Lipinski definition) is 1. The smallest absolute Gasteiger partial charge is 0.321 e. The average Bonchev–Trinajstić information content (AvgIpc) is 2.81. The Labute approximate surface area is 183 Å². The molecule has 1 aliphatic heterocycles. The first kappa shape index (κ1) is 20.9. The van der Waals surface area contributed by atoms with Crippen LogP contribution < -0.4 is 5.32 Å². The van der Waals surface area contributed by atoms with E-state index in [1.807, 2.05) is 17.0 Å². The molecule has 3 aromatic rings. The number of anilines is 1. The first-order chi connectivity index (χ1) is 15.1. The highest BCUT2D eigenvalue weighted by atomic mass is 16.2. The number of urea groups is 1. The average molecular weight is 413 g/mol. The third-order valence-electron chi connectivity index (χ3n) is 6.01. The first-order valence-electron chi connectivity index (χ1n) is 10.9. The highest BCUT2D eigenvalue weighted by Crippen LogP contribution is 2.25. The summed E-state index contributed by atoms with van der Waals surface area (Å²) in [5, 5.41) is 2.93. The number of nitrogens with zero attached hydrogens (tertiary/aromatic N) is 1. The Bertz CT molecular complexity index is 1040. The zero-order chi connectivity index (χ0) is 21.6. The van der Waals surface area contributed by atoms with E-state index in [1.165, 1.54) is 23.6 Å². The molecular formula is C27H28N2O2. The lowest BCUT2D eigenvalue weighted by Crippen LogP contribution is -2.41. The van der Waals surface area contributed by atoms with Gasteiger partial charge < -0.3 is 10.2 Å². The number of carbonyl (C=O) groups is 2. The molecule has 4 rings (SSSR count). The van der Waals surface area contributed by atoms with Gasteiger partial charge in [0.05, 0.1) is 0 Å². The molecule has 0 aromatic heterocycles. The van der Waals surface area contributed by atoms with Crippen LogP contribution in [0.1, 0.15) is 35.7 Å². The van der Waals surface area contributed by atoms with Crippen molar-refractivity contribution in [2.24, 2.45) is 5.92 Å². The molecule has 1 saturated heterocycles.